The van der Waals surface area contributed by atoms with E-state index >= 15 is 0 Å². The Labute approximate surface area is 199 Å². The number of rotatable bonds is 7. The second-order valence-corrected chi connectivity index (χ2v) is 8.87. The van der Waals surface area contributed by atoms with Gasteiger partial charge < -0.3 is 20.3 Å². The smallest absolute Gasteiger partial charge is 0.194 e. The molecule has 0 spiro atoms. The Bertz CT molecular complexity index is 648. The Morgan fingerprint density at radius 1 is 1.20 bits per heavy atom. The Morgan fingerprint density at radius 2 is 1.90 bits per heavy atom. The monoisotopic (exact) mass is 529 g/mol. The lowest BCUT2D eigenvalue weighted by Gasteiger charge is -2.33. The normalized spacial score (nSPS) is 21.9. The van der Waals surface area contributed by atoms with Crippen molar-refractivity contribution in [2.45, 2.75) is 51.7 Å². The van der Waals surface area contributed by atoms with Gasteiger partial charge >= 0.3 is 0 Å². The molecule has 0 amide bonds. The lowest BCUT2D eigenvalue weighted by Crippen LogP contribution is -2.48. The van der Waals surface area contributed by atoms with Gasteiger partial charge in [0.2, 0.25) is 0 Å². The number of guanidine groups is 1. The summed E-state index contributed by atoms with van der Waals surface area (Å²) in [6.07, 6.45) is 1.21. The molecule has 7 heteroatoms. The van der Waals surface area contributed by atoms with Gasteiger partial charge in [-0.3, -0.25) is 9.89 Å². The highest BCUT2D eigenvalue weighted by Crippen LogP contribution is 2.19. The molecular formula is C23H40IN5O. The van der Waals surface area contributed by atoms with Gasteiger partial charge in [0.05, 0.1) is 19.8 Å². The van der Waals surface area contributed by atoms with Crippen molar-refractivity contribution < 1.29 is 4.74 Å². The minimum atomic E-state index is -0.0841. The second kappa shape index (κ2) is 12.2. The Hall–Kier alpha value is -0.900. The van der Waals surface area contributed by atoms with Crippen LogP contribution >= 0.6 is 24.0 Å². The molecule has 1 aromatic carbocycles. The minimum Gasteiger partial charge on any atom is -0.379 e. The molecule has 2 saturated heterocycles. The SMILES string of the molecule is CCNC(=NCC(C)(C)NC(C)c1ccccc1)N1CCC(N2CCOCC2)C1.I. The molecule has 0 saturated carbocycles. The van der Waals surface area contributed by atoms with Crippen LogP contribution in [0, 0.1) is 0 Å². The van der Waals surface area contributed by atoms with Crippen LogP contribution in [0.1, 0.15) is 45.7 Å². The Kier molecular flexibility index (Phi) is 10.3. The molecule has 2 heterocycles. The van der Waals surface area contributed by atoms with Gasteiger partial charge in [0.1, 0.15) is 0 Å². The van der Waals surface area contributed by atoms with Crippen molar-refractivity contribution >= 4 is 29.9 Å². The van der Waals surface area contributed by atoms with Crippen LogP contribution in [0.25, 0.3) is 0 Å². The van der Waals surface area contributed by atoms with E-state index in [1.165, 1.54) is 12.0 Å². The van der Waals surface area contributed by atoms with Crippen LogP contribution in [0.3, 0.4) is 0 Å². The number of hydrogen-bond acceptors (Lipinski definition) is 4. The van der Waals surface area contributed by atoms with Gasteiger partial charge in [0.25, 0.3) is 0 Å². The van der Waals surface area contributed by atoms with Crippen molar-refractivity contribution in [3.05, 3.63) is 35.9 Å². The van der Waals surface area contributed by atoms with Crippen LogP contribution in [0.4, 0.5) is 0 Å². The topological polar surface area (TPSA) is 52.1 Å². The molecule has 6 nitrogen and oxygen atoms in total. The number of aliphatic imine (C=N–C) groups is 1. The quantitative estimate of drug-likeness (QED) is 0.323. The summed E-state index contributed by atoms with van der Waals surface area (Å²) in [6.45, 7) is 16.4. The van der Waals surface area contributed by atoms with Crippen molar-refractivity contribution in [3.8, 4) is 0 Å². The molecule has 1 aromatic rings. The summed E-state index contributed by atoms with van der Waals surface area (Å²) in [7, 11) is 0. The number of benzene rings is 1. The van der Waals surface area contributed by atoms with E-state index in [0.29, 0.717) is 12.1 Å². The number of likely N-dealkylation sites (tertiary alicyclic amines) is 1. The summed E-state index contributed by atoms with van der Waals surface area (Å²) >= 11 is 0. The minimum absolute atomic E-state index is 0. The summed E-state index contributed by atoms with van der Waals surface area (Å²) in [5, 5.41) is 7.26. The van der Waals surface area contributed by atoms with Crippen LogP contribution in [0.15, 0.2) is 35.3 Å². The summed E-state index contributed by atoms with van der Waals surface area (Å²) in [5.41, 5.74) is 1.23. The molecular weight excluding hydrogens is 489 g/mol. The van der Waals surface area contributed by atoms with E-state index in [1.807, 2.05) is 0 Å². The van der Waals surface area contributed by atoms with Crippen LogP contribution in [-0.4, -0.2) is 79.8 Å². The number of halogens is 1. The van der Waals surface area contributed by atoms with Crippen molar-refractivity contribution in [3.63, 3.8) is 0 Å². The number of hydrogen-bond donors (Lipinski definition) is 2. The van der Waals surface area contributed by atoms with Crippen LogP contribution in [0.5, 0.6) is 0 Å². The van der Waals surface area contributed by atoms with E-state index in [4.69, 9.17) is 9.73 Å². The fourth-order valence-electron chi connectivity index (χ4n) is 4.33. The highest BCUT2D eigenvalue weighted by atomic mass is 127. The van der Waals surface area contributed by atoms with Gasteiger partial charge in [-0.05, 0) is 39.7 Å². The van der Waals surface area contributed by atoms with E-state index in [2.05, 4.69) is 78.5 Å². The van der Waals surface area contributed by atoms with Crippen LogP contribution in [-0.2, 0) is 4.74 Å². The van der Waals surface area contributed by atoms with E-state index < -0.39 is 0 Å². The lowest BCUT2D eigenvalue weighted by molar-refractivity contribution is 0.0195. The molecule has 0 aromatic heterocycles. The molecule has 170 valence electrons. The summed E-state index contributed by atoms with van der Waals surface area (Å²) < 4.78 is 5.51. The van der Waals surface area contributed by atoms with Gasteiger partial charge in [0.15, 0.2) is 5.96 Å². The predicted molar refractivity (Wildman–Crippen MR) is 136 cm³/mol. The number of morpholine rings is 1. The van der Waals surface area contributed by atoms with E-state index in [-0.39, 0.29) is 29.5 Å². The van der Waals surface area contributed by atoms with Crippen LogP contribution in [0.2, 0.25) is 0 Å². The standard InChI is InChI=1S/C23H39N5O.HI/c1-5-24-22(28-12-11-21(17-28)27-13-15-29-16-14-27)25-18-23(3,4)26-19(2)20-9-7-6-8-10-20;/h6-10,19,21,26H,5,11-18H2,1-4H3,(H,24,25);1H. The van der Waals surface area contributed by atoms with Crippen molar-refractivity contribution in [2.75, 3.05) is 52.5 Å². The van der Waals surface area contributed by atoms with Crippen molar-refractivity contribution in [1.82, 2.24) is 20.4 Å². The van der Waals surface area contributed by atoms with Crippen molar-refractivity contribution in [1.29, 1.82) is 0 Å². The highest BCUT2D eigenvalue weighted by Gasteiger charge is 2.30. The molecule has 2 N–H and O–H groups in total. The largest absolute Gasteiger partial charge is 0.379 e. The fraction of sp³-hybridized carbons (Fsp3) is 0.696. The average molecular weight is 530 g/mol. The second-order valence-electron chi connectivity index (χ2n) is 8.87. The zero-order valence-corrected chi connectivity index (χ0v) is 21.4. The highest BCUT2D eigenvalue weighted by molar-refractivity contribution is 14.0. The zero-order chi connectivity index (χ0) is 20.7. The van der Waals surface area contributed by atoms with Crippen LogP contribution < -0.4 is 10.6 Å². The van der Waals surface area contributed by atoms with Gasteiger partial charge in [0, 0.05) is 50.3 Å². The first-order chi connectivity index (χ1) is 14.0. The third kappa shape index (κ3) is 7.35. The summed E-state index contributed by atoms with van der Waals surface area (Å²) in [6, 6.07) is 11.5. The van der Waals surface area contributed by atoms with Gasteiger partial charge in [-0.1, -0.05) is 30.3 Å². The van der Waals surface area contributed by atoms with Gasteiger partial charge in [-0.15, -0.1) is 24.0 Å². The summed E-state index contributed by atoms with van der Waals surface area (Å²) in [5.74, 6) is 1.05. The summed E-state index contributed by atoms with van der Waals surface area (Å²) in [4.78, 5) is 10.0. The molecule has 0 bridgehead atoms. The van der Waals surface area contributed by atoms with E-state index in [1.54, 1.807) is 0 Å². The molecule has 2 atom stereocenters. The molecule has 0 radical (unpaired) electrons. The first-order valence-electron chi connectivity index (χ1n) is 11.2. The van der Waals surface area contributed by atoms with Gasteiger partial charge in [-0.2, -0.15) is 0 Å². The third-order valence-corrected chi connectivity index (χ3v) is 5.89. The predicted octanol–water partition coefficient (Wildman–Crippen LogP) is 3.11. The number of ether oxygens (including phenoxy) is 1. The molecule has 3 rings (SSSR count). The third-order valence-electron chi connectivity index (χ3n) is 5.89. The lowest BCUT2D eigenvalue weighted by atomic mass is 10.0. The molecule has 2 aliphatic rings. The average Bonchev–Trinajstić information content (AvgIpc) is 3.22. The first-order valence-corrected chi connectivity index (χ1v) is 11.2. The van der Waals surface area contributed by atoms with E-state index in [9.17, 15) is 0 Å². The molecule has 2 aliphatic heterocycles. The fourth-order valence-corrected chi connectivity index (χ4v) is 4.33. The molecule has 30 heavy (non-hydrogen) atoms. The van der Waals surface area contributed by atoms with E-state index in [0.717, 1.165) is 58.4 Å². The molecule has 2 unspecified atom stereocenters. The number of nitrogens with zero attached hydrogens (tertiary/aromatic N) is 3. The first kappa shape index (κ1) is 25.4. The maximum Gasteiger partial charge on any atom is 0.194 e. The van der Waals surface area contributed by atoms with Crippen molar-refractivity contribution in [2.24, 2.45) is 4.99 Å². The maximum absolute atomic E-state index is 5.51. The molecule has 0 aliphatic carbocycles. The zero-order valence-electron chi connectivity index (χ0n) is 19.1. The Balaban J connectivity index is 0.00000320. The molecule has 2 fully saturated rings. The maximum atomic E-state index is 5.51. The number of nitrogens with one attached hydrogen (secondary N) is 2. The Morgan fingerprint density at radius 3 is 2.57 bits per heavy atom. The van der Waals surface area contributed by atoms with Gasteiger partial charge in [-0.25, -0.2) is 0 Å².